The average molecular weight is 233 g/mol. The molecule has 1 N–H and O–H groups in total. The van der Waals surface area contributed by atoms with Crippen LogP contribution in [0.2, 0.25) is 0 Å². The van der Waals surface area contributed by atoms with E-state index >= 15 is 0 Å². The minimum atomic E-state index is -0.776. The van der Waals surface area contributed by atoms with Gasteiger partial charge in [0.15, 0.2) is 0 Å². The summed E-state index contributed by atoms with van der Waals surface area (Å²) in [5.74, 6) is -0.720. The monoisotopic (exact) mass is 233 g/mol. The lowest BCUT2D eigenvalue weighted by Gasteiger charge is -2.04. The van der Waals surface area contributed by atoms with Gasteiger partial charge in [-0.1, -0.05) is 12.1 Å². The van der Waals surface area contributed by atoms with Crippen molar-refractivity contribution in [2.45, 2.75) is 25.8 Å². The van der Waals surface area contributed by atoms with Crippen molar-refractivity contribution < 1.29 is 14.7 Å². The van der Waals surface area contributed by atoms with E-state index in [4.69, 9.17) is 5.11 Å². The highest BCUT2D eigenvalue weighted by Gasteiger charge is 2.23. The Balaban J connectivity index is 2.07. The largest absolute Gasteiger partial charge is 0.481 e. The number of carboxylic acid groups (broad SMARTS) is 1. The van der Waals surface area contributed by atoms with Gasteiger partial charge in [0.2, 0.25) is 0 Å². The summed E-state index contributed by atoms with van der Waals surface area (Å²) >= 11 is 0. The lowest BCUT2D eigenvalue weighted by atomic mass is 10.0. The molecule has 0 radical (unpaired) electrons. The fourth-order valence-corrected chi connectivity index (χ4v) is 2.09. The summed E-state index contributed by atoms with van der Waals surface area (Å²) in [6.07, 6.45) is 1.49. The second-order valence-electron chi connectivity index (χ2n) is 4.40. The van der Waals surface area contributed by atoms with Gasteiger partial charge >= 0.3 is 5.97 Å². The molecule has 1 aliphatic heterocycles. The Kier molecular flexibility index (Phi) is 3.13. The predicted molar refractivity (Wildman–Crippen MR) is 62.8 cm³/mol. The van der Waals surface area contributed by atoms with Crippen molar-refractivity contribution in [2.24, 2.45) is 0 Å². The number of carbonyl (C=O) groups is 2. The van der Waals surface area contributed by atoms with Gasteiger partial charge in [-0.05, 0) is 30.0 Å². The molecule has 1 heterocycles. The van der Waals surface area contributed by atoms with Crippen LogP contribution in [0.5, 0.6) is 0 Å². The van der Waals surface area contributed by atoms with Crippen LogP contribution in [0.1, 0.15) is 34.3 Å². The van der Waals surface area contributed by atoms with E-state index in [0.29, 0.717) is 19.4 Å². The number of aliphatic carboxylic acids is 1. The van der Waals surface area contributed by atoms with E-state index in [2.05, 4.69) is 0 Å². The Morgan fingerprint density at radius 1 is 1.47 bits per heavy atom. The molecular formula is C13H15NO3. The Bertz CT molecular complexity index is 468. The third-order valence-corrected chi connectivity index (χ3v) is 3.01. The highest BCUT2D eigenvalue weighted by atomic mass is 16.4. The number of fused-ring (bicyclic) bond motifs is 1. The molecule has 1 aliphatic rings. The summed E-state index contributed by atoms with van der Waals surface area (Å²) in [6, 6.07) is 5.84. The lowest BCUT2D eigenvalue weighted by Crippen LogP contribution is -2.17. The zero-order valence-corrected chi connectivity index (χ0v) is 9.77. The molecule has 4 nitrogen and oxygen atoms in total. The van der Waals surface area contributed by atoms with Gasteiger partial charge in [-0.2, -0.15) is 0 Å². The van der Waals surface area contributed by atoms with Gasteiger partial charge in [-0.3, -0.25) is 9.59 Å². The van der Waals surface area contributed by atoms with Crippen LogP contribution in [0.15, 0.2) is 18.2 Å². The summed E-state index contributed by atoms with van der Waals surface area (Å²) in [5.41, 5.74) is 2.86. The zero-order chi connectivity index (χ0) is 12.4. The molecule has 2 rings (SSSR count). The molecule has 0 spiro atoms. The number of hydrogen-bond donors (Lipinski definition) is 1. The van der Waals surface area contributed by atoms with Gasteiger partial charge in [-0.25, -0.2) is 0 Å². The summed E-state index contributed by atoms with van der Waals surface area (Å²) in [7, 11) is 1.78. The van der Waals surface area contributed by atoms with Crippen LogP contribution in [0.25, 0.3) is 0 Å². The predicted octanol–water partition coefficient (Wildman–Crippen LogP) is 1.68. The van der Waals surface area contributed by atoms with Gasteiger partial charge in [0, 0.05) is 25.6 Å². The zero-order valence-electron chi connectivity index (χ0n) is 9.77. The number of hydrogen-bond acceptors (Lipinski definition) is 2. The SMILES string of the molecule is CN1Cc2ccc(CCCC(=O)O)cc2C1=O. The molecule has 1 aromatic carbocycles. The van der Waals surface area contributed by atoms with Crippen LogP contribution in [0.4, 0.5) is 0 Å². The number of carboxylic acids is 1. The molecule has 0 bridgehead atoms. The maximum atomic E-state index is 11.8. The fourth-order valence-electron chi connectivity index (χ4n) is 2.09. The van der Waals surface area contributed by atoms with E-state index in [0.717, 1.165) is 16.7 Å². The van der Waals surface area contributed by atoms with E-state index < -0.39 is 5.97 Å². The van der Waals surface area contributed by atoms with Crippen molar-refractivity contribution in [2.75, 3.05) is 7.05 Å². The van der Waals surface area contributed by atoms with Gasteiger partial charge in [0.1, 0.15) is 0 Å². The quantitative estimate of drug-likeness (QED) is 0.860. The Hall–Kier alpha value is -1.84. The minimum Gasteiger partial charge on any atom is -0.481 e. The first-order chi connectivity index (χ1) is 8.08. The Morgan fingerprint density at radius 2 is 2.24 bits per heavy atom. The van der Waals surface area contributed by atoms with Crippen molar-refractivity contribution in [1.29, 1.82) is 0 Å². The maximum Gasteiger partial charge on any atom is 0.303 e. The topological polar surface area (TPSA) is 57.6 Å². The van der Waals surface area contributed by atoms with Gasteiger partial charge in [0.25, 0.3) is 5.91 Å². The molecule has 90 valence electrons. The summed E-state index contributed by atoms with van der Waals surface area (Å²) in [4.78, 5) is 23.9. The number of amides is 1. The van der Waals surface area contributed by atoms with Crippen molar-refractivity contribution in [3.63, 3.8) is 0 Å². The summed E-state index contributed by atoms with van der Waals surface area (Å²) in [6.45, 7) is 0.670. The van der Waals surface area contributed by atoms with Gasteiger partial charge in [0.05, 0.1) is 0 Å². The maximum absolute atomic E-state index is 11.8. The third-order valence-electron chi connectivity index (χ3n) is 3.01. The van der Waals surface area contributed by atoms with Crippen LogP contribution in [-0.4, -0.2) is 28.9 Å². The normalized spacial score (nSPS) is 13.9. The molecule has 0 aliphatic carbocycles. The first kappa shape index (κ1) is 11.6. The first-order valence-electron chi connectivity index (χ1n) is 5.67. The standard InChI is InChI=1S/C13H15NO3/c1-14-8-10-6-5-9(3-2-4-12(15)16)7-11(10)13(14)17/h5-7H,2-4,8H2,1H3,(H,15,16). The fraction of sp³-hybridized carbons (Fsp3) is 0.385. The molecule has 0 atom stereocenters. The number of benzene rings is 1. The number of aryl methyl sites for hydroxylation is 1. The average Bonchev–Trinajstić information content (AvgIpc) is 2.55. The van der Waals surface area contributed by atoms with E-state index in [9.17, 15) is 9.59 Å². The second kappa shape index (κ2) is 4.57. The molecule has 1 amide bonds. The van der Waals surface area contributed by atoms with Crippen LogP contribution in [0.3, 0.4) is 0 Å². The van der Waals surface area contributed by atoms with E-state index in [-0.39, 0.29) is 12.3 Å². The molecule has 0 aromatic heterocycles. The van der Waals surface area contributed by atoms with Crippen LogP contribution in [0, 0.1) is 0 Å². The van der Waals surface area contributed by atoms with Crippen LogP contribution < -0.4 is 0 Å². The summed E-state index contributed by atoms with van der Waals surface area (Å²) < 4.78 is 0. The lowest BCUT2D eigenvalue weighted by molar-refractivity contribution is -0.137. The third kappa shape index (κ3) is 2.46. The van der Waals surface area contributed by atoms with E-state index in [1.54, 1.807) is 11.9 Å². The first-order valence-corrected chi connectivity index (χ1v) is 5.67. The van der Waals surface area contributed by atoms with Crippen molar-refractivity contribution in [1.82, 2.24) is 4.90 Å². The number of nitrogens with zero attached hydrogens (tertiary/aromatic N) is 1. The van der Waals surface area contributed by atoms with E-state index in [1.807, 2.05) is 18.2 Å². The highest BCUT2D eigenvalue weighted by molar-refractivity contribution is 5.98. The molecule has 17 heavy (non-hydrogen) atoms. The van der Waals surface area contributed by atoms with Gasteiger partial charge < -0.3 is 10.0 Å². The van der Waals surface area contributed by atoms with Crippen molar-refractivity contribution in [3.8, 4) is 0 Å². The Labute approximate surface area is 99.9 Å². The van der Waals surface area contributed by atoms with Crippen LogP contribution in [-0.2, 0) is 17.8 Å². The number of carbonyl (C=O) groups excluding carboxylic acids is 1. The molecule has 4 heteroatoms. The Morgan fingerprint density at radius 3 is 2.94 bits per heavy atom. The minimum absolute atomic E-state index is 0.0556. The molecular weight excluding hydrogens is 218 g/mol. The summed E-state index contributed by atoms with van der Waals surface area (Å²) in [5, 5.41) is 8.56. The molecule has 0 saturated carbocycles. The molecule has 1 aromatic rings. The molecule has 0 saturated heterocycles. The van der Waals surface area contributed by atoms with Crippen LogP contribution >= 0.6 is 0 Å². The second-order valence-corrected chi connectivity index (χ2v) is 4.40. The molecule has 0 unspecified atom stereocenters. The van der Waals surface area contributed by atoms with Crippen molar-refractivity contribution >= 4 is 11.9 Å². The molecule has 0 fully saturated rings. The smallest absolute Gasteiger partial charge is 0.303 e. The van der Waals surface area contributed by atoms with Crippen molar-refractivity contribution in [3.05, 3.63) is 34.9 Å². The number of rotatable bonds is 4. The highest BCUT2D eigenvalue weighted by Crippen LogP contribution is 2.23. The van der Waals surface area contributed by atoms with E-state index in [1.165, 1.54) is 0 Å². The van der Waals surface area contributed by atoms with Gasteiger partial charge in [-0.15, -0.1) is 0 Å².